The van der Waals surface area contributed by atoms with E-state index >= 15 is 0 Å². The molecule has 1 atom stereocenters. The van der Waals surface area contributed by atoms with Crippen molar-refractivity contribution in [2.24, 2.45) is 0 Å². The highest BCUT2D eigenvalue weighted by Crippen LogP contribution is 2.30. The Kier molecular flexibility index (Phi) is 4.61. The van der Waals surface area contributed by atoms with E-state index in [9.17, 15) is 9.59 Å². The van der Waals surface area contributed by atoms with E-state index < -0.39 is 5.97 Å². The molecule has 0 aliphatic carbocycles. The Morgan fingerprint density at radius 1 is 1.48 bits per heavy atom. The van der Waals surface area contributed by atoms with Crippen molar-refractivity contribution in [3.63, 3.8) is 0 Å². The lowest BCUT2D eigenvalue weighted by Gasteiger charge is -2.34. The van der Waals surface area contributed by atoms with Gasteiger partial charge in [-0.05, 0) is 30.7 Å². The number of aromatic nitrogens is 2. The number of hydrogen-bond acceptors (Lipinski definition) is 5. The number of hydrogen-bond donors (Lipinski definition) is 2. The summed E-state index contributed by atoms with van der Waals surface area (Å²) < 4.78 is 4.73. The van der Waals surface area contributed by atoms with Crippen LogP contribution in [-0.2, 0) is 4.74 Å². The van der Waals surface area contributed by atoms with Gasteiger partial charge < -0.3 is 19.9 Å². The third-order valence-corrected chi connectivity index (χ3v) is 4.77. The number of H-pyrrole nitrogens is 1. The zero-order valence-corrected chi connectivity index (χ0v) is 13.6. The molecule has 1 saturated heterocycles. The van der Waals surface area contributed by atoms with Gasteiger partial charge in [-0.25, -0.2) is 14.6 Å². The molecule has 2 amide bonds. The van der Waals surface area contributed by atoms with Gasteiger partial charge in [-0.1, -0.05) is 0 Å². The summed E-state index contributed by atoms with van der Waals surface area (Å²) >= 11 is 1.24. The number of methoxy groups -OCH3 is 1. The van der Waals surface area contributed by atoms with E-state index in [0.29, 0.717) is 17.1 Å². The topological polar surface area (TPSA) is 87.3 Å². The van der Waals surface area contributed by atoms with Gasteiger partial charge in [0.05, 0.1) is 18.8 Å². The highest BCUT2D eigenvalue weighted by atomic mass is 32.1. The molecule has 0 spiro atoms. The van der Waals surface area contributed by atoms with Crippen molar-refractivity contribution in [1.29, 1.82) is 0 Å². The number of carbonyl (C=O) groups is 2. The number of amides is 2. The van der Waals surface area contributed by atoms with Gasteiger partial charge in [0.15, 0.2) is 0 Å². The molecule has 2 aromatic heterocycles. The highest BCUT2D eigenvalue weighted by molar-refractivity contribution is 7.12. The summed E-state index contributed by atoms with van der Waals surface area (Å²) in [5.74, 6) is 0.342. The summed E-state index contributed by atoms with van der Waals surface area (Å²) in [5.41, 5.74) is 0.482. The minimum absolute atomic E-state index is 0.0704. The summed E-state index contributed by atoms with van der Waals surface area (Å²) in [6, 6.07) is 1.41. The van der Waals surface area contributed by atoms with Crippen LogP contribution in [0.2, 0.25) is 0 Å². The number of aromatic amines is 1. The smallest absolute Gasteiger partial charge is 0.350 e. The van der Waals surface area contributed by atoms with Crippen LogP contribution in [0, 0.1) is 0 Å². The zero-order chi connectivity index (χ0) is 16.2. The van der Waals surface area contributed by atoms with Crippen molar-refractivity contribution in [1.82, 2.24) is 14.9 Å². The average molecular weight is 334 g/mol. The van der Waals surface area contributed by atoms with Gasteiger partial charge in [0.2, 0.25) is 0 Å². The minimum atomic E-state index is -0.448. The molecule has 0 saturated carbocycles. The van der Waals surface area contributed by atoms with E-state index in [1.165, 1.54) is 18.4 Å². The van der Waals surface area contributed by atoms with E-state index in [-0.39, 0.29) is 12.1 Å². The Morgan fingerprint density at radius 3 is 3.09 bits per heavy atom. The first-order chi connectivity index (χ1) is 11.2. The van der Waals surface area contributed by atoms with Gasteiger partial charge >= 0.3 is 12.0 Å². The predicted octanol–water partition coefficient (Wildman–Crippen LogP) is 3.02. The van der Waals surface area contributed by atoms with Crippen molar-refractivity contribution < 1.29 is 14.3 Å². The number of esters is 1. The number of anilines is 1. The fraction of sp³-hybridized carbons (Fsp3) is 0.400. The summed E-state index contributed by atoms with van der Waals surface area (Å²) in [5, 5.41) is 4.57. The number of likely N-dealkylation sites (tertiary alicyclic amines) is 1. The lowest BCUT2D eigenvalue weighted by molar-refractivity contribution is 0.0607. The SMILES string of the molecule is COC(=O)c1sccc1NC(=O)N1CCCC[C@@H]1c1ncc[nH]1. The molecule has 0 unspecified atom stereocenters. The fourth-order valence-electron chi connectivity index (χ4n) is 2.76. The van der Waals surface area contributed by atoms with E-state index in [2.05, 4.69) is 15.3 Å². The highest BCUT2D eigenvalue weighted by Gasteiger charge is 2.30. The number of thiophene rings is 1. The molecule has 3 rings (SSSR count). The van der Waals surface area contributed by atoms with Crippen LogP contribution in [-0.4, -0.2) is 40.5 Å². The lowest BCUT2D eigenvalue weighted by atomic mass is 10.0. The normalized spacial score (nSPS) is 17.8. The van der Waals surface area contributed by atoms with Crippen molar-refractivity contribution in [2.75, 3.05) is 19.0 Å². The maximum absolute atomic E-state index is 12.7. The van der Waals surface area contributed by atoms with E-state index in [1.807, 2.05) is 0 Å². The van der Waals surface area contributed by atoms with Crippen molar-refractivity contribution in [3.05, 3.63) is 34.5 Å². The number of urea groups is 1. The molecule has 0 radical (unpaired) electrons. The Bertz CT molecular complexity index is 683. The van der Waals surface area contributed by atoms with Crippen molar-refractivity contribution >= 4 is 29.0 Å². The molecule has 7 nitrogen and oxygen atoms in total. The molecule has 2 N–H and O–H groups in total. The number of rotatable bonds is 3. The molecule has 0 bridgehead atoms. The Balaban J connectivity index is 1.76. The van der Waals surface area contributed by atoms with Gasteiger partial charge in [-0.2, -0.15) is 0 Å². The molecule has 1 fully saturated rings. The number of ether oxygens (including phenoxy) is 1. The molecule has 2 aromatic rings. The second-order valence-electron chi connectivity index (χ2n) is 5.26. The molecular weight excluding hydrogens is 316 g/mol. The number of nitrogens with one attached hydrogen (secondary N) is 2. The molecule has 122 valence electrons. The Labute approximate surface area is 137 Å². The monoisotopic (exact) mass is 334 g/mol. The second-order valence-corrected chi connectivity index (χ2v) is 6.18. The van der Waals surface area contributed by atoms with Gasteiger partial charge in [0.1, 0.15) is 10.7 Å². The Hall–Kier alpha value is -2.35. The van der Waals surface area contributed by atoms with Crippen LogP contribution in [0.1, 0.15) is 40.8 Å². The van der Waals surface area contributed by atoms with E-state index in [4.69, 9.17) is 4.74 Å². The molecule has 1 aliphatic heterocycles. The average Bonchev–Trinajstić information content (AvgIpc) is 3.25. The van der Waals surface area contributed by atoms with Crippen LogP contribution in [0.3, 0.4) is 0 Å². The van der Waals surface area contributed by atoms with Crippen molar-refractivity contribution in [2.45, 2.75) is 25.3 Å². The molecular formula is C15H18N4O3S. The first kappa shape index (κ1) is 15.5. The summed E-state index contributed by atoms with van der Waals surface area (Å²) in [7, 11) is 1.32. The van der Waals surface area contributed by atoms with Gasteiger partial charge in [0, 0.05) is 18.9 Å². The van der Waals surface area contributed by atoms with Crippen molar-refractivity contribution in [3.8, 4) is 0 Å². The summed E-state index contributed by atoms with van der Waals surface area (Å²) in [6.07, 6.45) is 6.33. The predicted molar refractivity (Wildman–Crippen MR) is 86.6 cm³/mol. The molecule has 1 aliphatic rings. The maximum atomic E-state index is 12.7. The minimum Gasteiger partial charge on any atom is -0.465 e. The third kappa shape index (κ3) is 3.21. The first-order valence-corrected chi connectivity index (χ1v) is 8.31. The van der Waals surface area contributed by atoms with Gasteiger partial charge in [0.25, 0.3) is 0 Å². The molecule has 8 heteroatoms. The van der Waals surface area contributed by atoms with Crippen LogP contribution in [0.5, 0.6) is 0 Å². The molecule has 23 heavy (non-hydrogen) atoms. The standard InChI is InChI=1S/C15H18N4O3S/c1-22-14(20)12-10(5-9-23-12)18-15(21)19-8-3-2-4-11(19)13-16-6-7-17-13/h5-7,9,11H,2-4,8H2,1H3,(H,16,17)(H,18,21)/t11-/m1/s1. The number of piperidine rings is 1. The summed E-state index contributed by atoms with van der Waals surface area (Å²) in [4.78, 5) is 33.9. The third-order valence-electron chi connectivity index (χ3n) is 3.88. The molecule has 0 aromatic carbocycles. The van der Waals surface area contributed by atoms with Gasteiger partial charge in [-0.15, -0.1) is 11.3 Å². The lowest BCUT2D eigenvalue weighted by Crippen LogP contribution is -2.41. The van der Waals surface area contributed by atoms with Crippen LogP contribution in [0.4, 0.5) is 10.5 Å². The largest absolute Gasteiger partial charge is 0.465 e. The van der Waals surface area contributed by atoms with E-state index in [1.54, 1.807) is 28.7 Å². The Morgan fingerprint density at radius 2 is 2.35 bits per heavy atom. The first-order valence-electron chi connectivity index (χ1n) is 7.43. The van der Waals surface area contributed by atoms with Crippen LogP contribution in [0.15, 0.2) is 23.8 Å². The van der Waals surface area contributed by atoms with Crippen LogP contribution < -0.4 is 5.32 Å². The van der Waals surface area contributed by atoms with Gasteiger partial charge in [-0.3, -0.25) is 0 Å². The fourth-order valence-corrected chi connectivity index (χ4v) is 3.53. The number of carbonyl (C=O) groups excluding carboxylic acids is 2. The number of imidazole rings is 1. The van der Waals surface area contributed by atoms with Crippen LogP contribution in [0.25, 0.3) is 0 Å². The van der Waals surface area contributed by atoms with E-state index in [0.717, 1.165) is 25.1 Å². The quantitative estimate of drug-likeness (QED) is 0.845. The number of nitrogens with zero attached hydrogens (tertiary/aromatic N) is 2. The molecule has 3 heterocycles. The second kappa shape index (κ2) is 6.82. The zero-order valence-electron chi connectivity index (χ0n) is 12.7. The van der Waals surface area contributed by atoms with Crippen LogP contribution >= 0.6 is 11.3 Å². The maximum Gasteiger partial charge on any atom is 0.350 e. The summed E-state index contributed by atoms with van der Waals surface area (Å²) in [6.45, 7) is 0.662.